The molecule has 0 aliphatic rings. The molecule has 0 radical (unpaired) electrons. The summed E-state index contributed by atoms with van der Waals surface area (Å²) in [4.78, 5) is 22.5. The largest absolute Gasteiger partial charge is 0.368 e. The molecule has 3 aromatic rings. The molecule has 0 aromatic carbocycles. The number of aromatic nitrogens is 6. The minimum absolute atomic E-state index is 0.0625. The van der Waals surface area contributed by atoms with E-state index < -0.39 is 0 Å². The maximum atomic E-state index is 5.73. The van der Waals surface area contributed by atoms with Gasteiger partial charge in [0.15, 0.2) is 0 Å². The summed E-state index contributed by atoms with van der Waals surface area (Å²) in [7, 11) is 0. The minimum atomic E-state index is 0.0625. The molecule has 0 fully saturated rings. The van der Waals surface area contributed by atoms with Gasteiger partial charge in [0.1, 0.15) is 15.5 Å². The first-order valence-corrected chi connectivity index (χ1v) is 7.86. The maximum absolute atomic E-state index is 5.73. The Morgan fingerprint density at radius 3 is 1.58 bits per heavy atom. The second-order valence-electron chi connectivity index (χ2n) is 3.96. The van der Waals surface area contributed by atoms with Gasteiger partial charge < -0.3 is 5.73 Å². The van der Waals surface area contributed by atoms with Gasteiger partial charge in [0.2, 0.25) is 16.5 Å². The lowest BCUT2D eigenvalue weighted by Gasteiger charge is -2.00. The van der Waals surface area contributed by atoms with Gasteiger partial charge in [-0.15, -0.1) is 0 Å². The SMILES string of the molecule is Clc1cc(Cl)nc(Cl)n1.Nc1ncc(-c2cc(Cl)nc(Cl)n2)cn1. The quantitative estimate of drug-likeness (QED) is 0.459. The Labute approximate surface area is 161 Å². The van der Waals surface area contributed by atoms with Crippen molar-refractivity contribution in [1.29, 1.82) is 0 Å². The van der Waals surface area contributed by atoms with Gasteiger partial charge in [0.05, 0.1) is 5.69 Å². The van der Waals surface area contributed by atoms with E-state index in [-0.39, 0.29) is 32.0 Å². The Kier molecular flexibility index (Phi) is 6.70. The monoisotopic (exact) mass is 423 g/mol. The van der Waals surface area contributed by atoms with E-state index >= 15 is 0 Å². The summed E-state index contributed by atoms with van der Waals surface area (Å²) in [6.07, 6.45) is 3.08. The van der Waals surface area contributed by atoms with Crippen LogP contribution >= 0.6 is 58.0 Å². The van der Waals surface area contributed by atoms with Crippen LogP contribution in [-0.2, 0) is 0 Å². The standard InChI is InChI=1S/C8H5Cl2N5.C4HCl3N2/c9-6-1-5(14-7(10)15-6)4-2-12-8(11)13-3-4;5-2-1-3(6)9-4(7)8-2/h1-3H,(H2,11,12,13);1H. The van der Waals surface area contributed by atoms with E-state index in [4.69, 9.17) is 63.7 Å². The Bertz CT molecular complexity index is 773. The molecule has 3 aromatic heterocycles. The third kappa shape index (κ3) is 5.85. The lowest BCUT2D eigenvalue weighted by Crippen LogP contribution is -1.95. The fraction of sp³-hybridized carbons (Fsp3) is 0. The van der Waals surface area contributed by atoms with E-state index in [0.717, 1.165) is 0 Å². The van der Waals surface area contributed by atoms with Crippen molar-refractivity contribution in [3.63, 3.8) is 0 Å². The molecule has 0 spiro atoms. The Morgan fingerprint density at radius 2 is 1.12 bits per heavy atom. The summed E-state index contributed by atoms with van der Waals surface area (Å²) in [6.45, 7) is 0. The van der Waals surface area contributed by atoms with Gasteiger partial charge >= 0.3 is 0 Å². The molecule has 0 aliphatic carbocycles. The zero-order chi connectivity index (χ0) is 17.7. The third-order valence-electron chi connectivity index (χ3n) is 2.27. The fourth-order valence-electron chi connectivity index (χ4n) is 1.37. The van der Waals surface area contributed by atoms with Crippen molar-refractivity contribution in [2.75, 3.05) is 5.73 Å². The average molecular weight is 425 g/mol. The molecule has 0 saturated heterocycles. The van der Waals surface area contributed by atoms with Gasteiger partial charge in [0.25, 0.3) is 0 Å². The molecule has 24 heavy (non-hydrogen) atoms. The predicted octanol–water partition coefficient (Wildman–Crippen LogP) is 4.26. The topological polar surface area (TPSA) is 103 Å². The summed E-state index contributed by atoms with van der Waals surface area (Å²) >= 11 is 27.6. The summed E-state index contributed by atoms with van der Waals surface area (Å²) in [5, 5.41) is 0.906. The van der Waals surface area contributed by atoms with Crippen LogP contribution in [0.5, 0.6) is 0 Å². The fourth-order valence-corrected chi connectivity index (χ4v) is 2.47. The smallest absolute Gasteiger partial charge is 0.225 e. The molecule has 124 valence electrons. The van der Waals surface area contributed by atoms with Crippen LogP contribution in [0.2, 0.25) is 26.0 Å². The van der Waals surface area contributed by atoms with Gasteiger partial charge in [0, 0.05) is 30.1 Å². The Balaban J connectivity index is 0.000000198. The lowest BCUT2D eigenvalue weighted by molar-refractivity contribution is 1.14. The molecule has 0 atom stereocenters. The van der Waals surface area contributed by atoms with Crippen molar-refractivity contribution < 1.29 is 0 Å². The van der Waals surface area contributed by atoms with E-state index in [1.54, 1.807) is 6.07 Å². The number of anilines is 1. The van der Waals surface area contributed by atoms with Crippen LogP contribution in [-0.4, -0.2) is 29.9 Å². The maximum Gasteiger partial charge on any atom is 0.225 e. The molecular weight excluding hydrogens is 419 g/mol. The molecule has 0 saturated carbocycles. The van der Waals surface area contributed by atoms with E-state index in [2.05, 4.69) is 29.9 Å². The zero-order valence-electron chi connectivity index (χ0n) is 11.5. The van der Waals surface area contributed by atoms with Crippen molar-refractivity contribution in [3.05, 3.63) is 50.6 Å². The van der Waals surface area contributed by atoms with Crippen molar-refractivity contribution >= 4 is 64.0 Å². The van der Waals surface area contributed by atoms with Crippen LogP contribution in [0.4, 0.5) is 5.95 Å². The number of hydrogen-bond donors (Lipinski definition) is 1. The van der Waals surface area contributed by atoms with Crippen LogP contribution in [0.25, 0.3) is 11.3 Å². The van der Waals surface area contributed by atoms with Crippen LogP contribution < -0.4 is 5.73 Å². The first-order valence-electron chi connectivity index (χ1n) is 5.97. The highest BCUT2D eigenvalue weighted by molar-refractivity contribution is 6.35. The van der Waals surface area contributed by atoms with E-state index in [1.165, 1.54) is 18.5 Å². The van der Waals surface area contributed by atoms with Gasteiger partial charge in [-0.2, -0.15) is 0 Å². The molecule has 7 nitrogen and oxygen atoms in total. The molecule has 0 unspecified atom stereocenters. The van der Waals surface area contributed by atoms with E-state index in [9.17, 15) is 0 Å². The number of halogens is 5. The summed E-state index contributed by atoms with van der Waals surface area (Å²) in [5.74, 6) is 0.199. The third-order valence-corrected chi connectivity index (χ3v) is 3.19. The highest BCUT2D eigenvalue weighted by atomic mass is 35.5. The number of nitrogens with zero attached hydrogens (tertiary/aromatic N) is 6. The van der Waals surface area contributed by atoms with Crippen molar-refractivity contribution in [2.24, 2.45) is 0 Å². The Morgan fingerprint density at radius 1 is 0.667 bits per heavy atom. The van der Waals surface area contributed by atoms with Gasteiger partial charge in [-0.3, -0.25) is 0 Å². The van der Waals surface area contributed by atoms with Gasteiger partial charge in [-0.05, 0) is 23.2 Å². The van der Waals surface area contributed by atoms with E-state index in [1.807, 2.05) is 0 Å². The van der Waals surface area contributed by atoms with Crippen molar-refractivity contribution in [2.45, 2.75) is 0 Å². The average Bonchev–Trinajstić information content (AvgIpc) is 2.46. The van der Waals surface area contributed by atoms with Crippen LogP contribution in [0, 0.1) is 0 Å². The van der Waals surface area contributed by atoms with Gasteiger partial charge in [-0.1, -0.05) is 34.8 Å². The van der Waals surface area contributed by atoms with Crippen LogP contribution in [0.1, 0.15) is 0 Å². The zero-order valence-corrected chi connectivity index (χ0v) is 15.2. The molecular formula is C12H6Cl5N7. The van der Waals surface area contributed by atoms with Crippen LogP contribution in [0.3, 0.4) is 0 Å². The molecule has 0 amide bonds. The molecule has 0 aliphatic heterocycles. The second kappa shape index (κ2) is 8.55. The summed E-state index contributed by atoms with van der Waals surface area (Å²) in [5.41, 5.74) is 6.59. The van der Waals surface area contributed by atoms with Crippen LogP contribution in [0.15, 0.2) is 24.5 Å². The van der Waals surface area contributed by atoms with Gasteiger partial charge in [-0.25, -0.2) is 29.9 Å². The second-order valence-corrected chi connectivity index (χ2v) is 5.80. The number of nitrogens with two attached hydrogens (primary N) is 1. The van der Waals surface area contributed by atoms with Crippen molar-refractivity contribution in [1.82, 2.24) is 29.9 Å². The number of hydrogen-bond acceptors (Lipinski definition) is 7. The number of nitrogen functional groups attached to an aromatic ring is 1. The number of rotatable bonds is 1. The summed E-state index contributed by atoms with van der Waals surface area (Å²) in [6, 6.07) is 2.98. The first-order chi connectivity index (χ1) is 11.3. The summed E-state index contributed by atoms with van der Waals surface area (Å²) < 4.78 is 0. The molecule has 3 heterocycles. The van der Waals surface area contributed by atoms with E-state index in [0.29, 0.717) is 11.3 Å². The first kappa shape index (κ1) is 18.8. The normalized spacial score (nSPS) is 10.0. The molecule has 2 N–H and O–H groups in total. The molecule has 3 rings (SSSR count). The molecule has 0 bridgehead atoms. The minimum Gasteiger partial charge on any atom is -0.368 e. The lowest BCUT2D eigenvalue weighted by atomic mass is 10.2. The predicted molar refractivity (Wildman–Crippen MR) is 94.6 cm³/mol. The molecule has 12 heteroatoms. The highest BCUT2D eigenvalue weighted by Gasteiger charge is 2.04. The highest BCUT2D eigenvalue weighted by Crippen LogP contribution is 2.20. The Hall–Kier alpha value is -1.51. The van der Waals surface area contributed by atoms with Crippen molar-refractivity contribution in [3.8, 4) is 11.3 Å².